The normalized spacial score (nSPS) is 17.4. The van der Waals surface area contributed by atoms with Crippen molar-refractivity contribution in [1.82, 2.24) is 0 Å². The zero-order valence-corrected chi connectivity index (χ0v) is 12.1. The molecule has 0 bridgehead atoms. The van der Waals surface area contributed by atoms with Crippen molar-refractivity contribution in [2.24, 2.45) is 0 Å². The Bertz CT molecular complexity index is 512. The van der Waals surface area contributed by atoms with Crippen LogP contribution in [0, 0.1) is 0 Å². The molecule has 0 aliphatic heterocycles. The molecule has 2 nitrogen and oxygen atoms in total. The van der Waals surface area contributed by atoms with Crippen LogP contribution in [0.3, 0.4) is 0 Å². The van der Waals surface area contributed by atoms with Crippen molar-refractivity contribution in [3.8, 4) is 11.5 Å². The maximum Gasteiger partial charge on any atom is 0.297 e. The fraction of sp³-hybridized carbons (Fsp3) is 0.176. The van der Waals surface area contributed by atoms with E-state index in [0.29, 0.717) is 5.66 Å². The summed E-state index contributed by atoms with van der Waals surface area (Å²) < 4.78 is 12.2. The number of hydrogen-bond donors (Lipinski definition) is 0. The SMILES string of the molecule is C1=C[C@@H](P(Oc2ccccc2)Oc2ccccc2)CC1. The van der Waals surface area contributed by atoms with Crippen LogP contribution in [0.15, 0.2) is 72.8 Å². The molecule has 0 unspecified atom stereocenters. The highest BCUT2D eigenvalue weighted by molar-refractivity contribution is 7.49. The van der Waals surface area contributed by atoms with Gasteiger partial charge in [0.2, 0.25) is 0 Å². The molecule has 1 atom stereocenters. The van der Waals surface area contributed by atoms with E-state index in [9.17, 15) is 0 Å². The largest absolute Gasteiger partial charge is 0.438 e. The van der Waals surface area contributed by atoms with Crippen LogP contribution in [0.5, 0.6) is 11.5 Å². The minimum atomic E-state index is -1.00. The number of allylic oxidation sites excluding steroid dienone is 2. The van der Waals surface area contributed by atoms with Gasteiger partial charge in [-0.15, -0.1) is 0 Å². The monoisotopic (exact) mass is 284 g/mol. The highest BCUT2D eigenvalue weighted by Gasteiger charge is 2.27. The van der Waals surface area contributed by atoms with Crippen molar-refractivity contribution >= 4 is 8.38 Å². The third-order valence-electron chi connectivity index (χ3n) is 3.14. The van der Waals surface area contributed by atoms with E-state index >= 15 is 0 Å². The van der Waals surface area contributed by atoms with Crippen molar-refractivity contribution in [3.63, 3.8) is 0 Å². The molecule has 1 aliphatic rings. The first-order valence-corrected chi connectivity index (χ1v) is 8.08. The van der Waals surface area contributed by atoms with E-state index in [1.807, 2.05) is 60.7 Å². The van der Waals surface area contributed by atoms with Crippen molar-refractivity contribution in [3.05, 3.63) is 72.8 Å². The zero-order valence-electron chi connectivity index (χ0n) is 11.2. The van der Waals surface area contributed by atoms with Gasteiger partial charge in [0.15, 0.2) is 0 Å². The third-order valence-corrected chi connectivity index (χ3v) is 4.89. The minimum Gasteiger partial charge on any atom is -0.438 e. The van der Waals surface area contributed by atoms with Crippen LogP contribution in [0.4, 0.5) is 0 Å². The smallest absolute Gasteiger partial charge is 0.297 e. The van der Waals surface area contributed by atoms with Crippen molar-refractivity contribution in [2.45, 2.75) is 18.5 Å². The van der Waals surface area contributed by atoms with Gasteiger partial charge in [-0.05, 0) is 37.1 Å². The molecule has 3 heteroatoms. The van der Waals surface area contributed by atoms with E-state index < -0.39 is 8.38 Å². The lowest BCUT2D eigenvalue weighted by molar-refractivity contribution is 0.480. The first-order valence-electron chi connectivity index (χ1n) is 6.84. The average molecular weight is 284 g/mol. The highest BCUT2D eigenvalue weighted by Crippen LogP contribution is 2.48. The predicted octanol–water partition coefficient (Wildman–Crippen LogP) is 5.17. The van der Waals surface area contributed by atoms with E-state index in [1.54, 1.807) is 0 Å². The van der Waals surface area contributed by atoms with Crippen molar-refractivity contribution < 1.29 is 9.05 Å². The third kappa shape index (κ3) is 3.40. The summed E-state index contributed by atoms with van der Waals surface area (Å²) in [5, 5.41) is 0. The van der Waals surface area contributed by atoms with Crippen LogP contribution in [-0.4, -0.2) is 5.66 Å². The van der Waals surface area contributed by atoms with Crippen LogP contribution in [-0.2, 0) is 0 Å². The van der Waals surface area contributed by atoms with Gasteiger partial charge in [0, 0.05) is 0 Å². The lowest BCUT2D eigenvalue weighted by Crippen LogP contribution is -2.08. The van der Waals surface area contributed by atoms with Gasteiger partial charge in [0.1, 0.15) is 11.5 Å². The number of rotatable bonds is 5. The lowest BCUT2D eigenvalue weighted by atomic mass is 10.3. The second-order valence-electron chi connectivity index (χ2n) is 4.67. The van der Waals surface area contributed by atoms with Crippen LogP contribution in [0.1, 0.15) is 12.8 Å². The Labute approximate surface area is 121 Å². The second-order valence-corrected chi connectivity index (χ2v) is 6.27. The summed E-state index contributed by atoms with van der Waals surface area (Å²) in [5.74, 6) is 1.74. The Morgan fingerprint density at radius 2 is 1.35 bits per heavy atom. The Kier molecular flexibility index (Phi) is 4.35. The Hall–Kier alpha value is -1.79. The van der Waals surface area contributed by atoms with E-state index in [0.717, 1.165) is 24.3 Å². The molecular weight excluding hydrogens is 267 g/mol. The summed E-state index contributed by atoms with van der Waals surface area (Å²) in [4.78, 5) is 0. The average Bonchev–Trinajstić information content (AvgIpc) is 3.03. The molecule has 0 saturated carbocycles. The van der Waals surface area contributed by atoms with Crippen LogP contribution >= 0.6 is 8.38 Å². The standard InChI is InChI=1S/C17H17O2P/c1-3-9-15(10-4-1)18-20(17-13-7-8-14-17)19-16-11-5-2-6-12-16/h1-7,9-13,17H,8,14H2/t17-/m1/s1. The molecule has 0 radical (unpaired) electrons. The van der Waals surface area contributed by atoms with E-state index in [2.05, 4.69) is 12.2 Å². The molecule has 0 amide bonds. The molecule has 2 aromatic rings. The zero-order chi connectivity index (χ0) is 13.6. The number of benzene rings is 2. The molecular formula is C17H17O2P. The first-order chi connectivity index (χ1) is 9.92. The molecule has 20 heavy (non-hydrogen) atoms. The van der Waals surface area contributed by atoms with Crippen LogP contribution in [0.25, 0.3) is 0 Å². The van der Waals surface area contributed by atoms with E-state index in [1.165, 1.54) is 0 Å². The van der Waals surface area contributed by atoms with E-state index in [4.69, 9.17) is 9.05 Å². The van der Waals surface area contributed by atoms with Gasteiger partial charge in [-0.25, -0.2) is 0 Å². The maximum atomic E-state index is 6.09. The Morgan fingerprint density at radius 3 is 1.80 bits per heavy atom. The molecule has 0 spiro atoms. The lowest BCUT2D eigenvalue weighted by Gasteiger charge is -2.22. The van der Waals surface area contributed by atoms with Crippen molar-refractivity contribution in [1.29, 1.82) is 0 Å². The molecule has 102 valence electrons. The summed E-state index contributed by atoms with van der Waals surface area (Å²) in [6, 6.07) is 19.8. The highest BCUT2D eigenvalue weighted by atomic mass is 31.2. The van der Waals surface area contributed by atoms with Gasteiger partial charge >= 0.3 is 0 Å². The number of hydrogen-bond acceptors (Lipinski definition) is 2. The molecule has 0 N–H and O–H groups in total. The van der Waals surface area contributed by atoms with Crippen molar-refractivity contribution in [2.75, 3.05) is 0 Å². The summed E-state index contributed by atoms with van der Waals surface area (Å²) in [6.07, 6.45) is 6.64. The maximum absolute atomic E-state index is 6.09. The Balaban J connectivity index is 1.75. The topological polar surface area (TPSA) is 18.5 Å². The second kappa shape index (κ2) is 6.58. The Morgan fingerprint density at radius 1 is 0.800 bits per heavy atom. The van der Waals surface area contributed by atoms with Gasteiger partial charge in [0.05, 0.1) is 5.66 Å². The van der Waals surface area contributed by atoms with Gasteiger partial charge in [-0.2, -0.15) is 0 Å². The fourth-order valence-corrected chi connectivity index (χ4v) is 3.71. The van der Waals surface area contributed by atoms with Gasteiger partial charge < -0.3 is 9.05 Å². The molecule has 0 heterocycles. The number of para-hydroxylation sites is 2. The van der Waals surface area contributed by atoms with E-state index in [-0.39, 0.29) is 0 Å². The first kappa shape index (κ1) is 13.2. The summed E-state index contributed by atoms with van der Waals surface area (Å²) in [7, 11) is -1.00. The summed E-state index contributed by atoms with van der Waals surface area (Å²) >= 11 is 0. The molecule has 3 rings (SSSR count). The minimum absolute atomic E-state index is 0.366. The molecule has 0 fully saturated rings. The molecule has 0 saturated heterocycles. The van der Waals surface area contributed by atoms with Crippen LogP contribution < -0.4 is 9.05 Å². The quantitative estimate of drug-likeness (QED) is 0.556. The van der Waals surface area contributed by atoms with Gasteiger partial charge in [-0.3, -0.25) is 0 Å². The summed E-state index contributed by atoms with van der Waals surface area (Å²) in [6.45, 7) is 0. The molecule has 0 aromatic heterocycles. The summed E-state index contributed by atoms with van der Waals surface area (Å²) in [5.41, 5.74) is 0.366. The molecule has 2 aromatic carbocycles. The van der Waals surface area contributed by atoms with Gasteiger partial charge in [0.25, 0.3) is 8.38 Å². The van der Waals surface area contributed by atoms with Crippen LogP contribution in [0.2, 0.25) is 0 Å². The predicted molar refractivity (Wildman–Crippen MR) is 83.2 cm³/mol. The molecule has 1 aliphatic carbocycles. The van der Waals surface area contributed by atoms with Gasteiger partial charge in [-0.1, -0.05) is 48.6 Å². The fourth-order valence-electron chi connectivity index (χ4n) is 2.12.